The fraction of sp³-hybridized carbons (Fsp3) is 0.545. The Morgan fingerprint density at radius 2 is 2.35 bits per heavy atom. The van der Waals surface area contributed by atoms with Crippen molar-refractivity contribution in [1.82, 2.24) is 14.7 Å². The van der Waals surface area contributed by atoms with Gasteiger partial charge in [0, 0.05) is 31.8 Å². The van der Waals surface area contributed by atoms with Gasteiger partial charge in [0.25, 0.3) is 0 Å². The van der Waals surface area contributed by atoms with Crippen molar-refractivity contribution < 1.29 is 9.47 Å². The summed E-state index contributed by atoms with van der Waals surface area (Å²) in [6, 6.07) is 0. The van der Waals surface area contributed by atoms with Crippen molar-refractivity contribution in [3.63, 3.8) is 0 Å². The van der Waals surface area contributed by atoms with Gasteiger partial charge in [-0.25, -0.2) is 0 Å². The summed E-state index contributed by atoms with van der Waals surface area (Å²) in [7, 11) is 3.36. The van der Waals surface area contributed by atoms with Crippen molar-refractivity contribution in [2.45, 2.75) is 19.6 Å². The van der Waals surface area contributed by atoms with Crippen LogP contribution in [0, 0.1) is 0 Å². The predicted octanol–water partition coefficient (Wildman–Crippen LogP) is 1.53. The molecular formula is C11H17N3O2S. The van der Waals surface area contributed by atoms with Gasteiger partial charge in [-0.05, 0) is 6.92 Å². The highest BCUT2D eigenvalue weighted by atomic mass is 32.1. The minimum absolute atomic E-state index is 0.201. The molecule has 0 bridgehead atoms. The van der Waals surface area contributed by atoms with E-state index in [1.165, 1.54) is 0 Å². The van der Waals surface area contributed by atoms with Gasteiger partial charge < -0.3 is 14.8 Å². The molecule has 0 aliphatic rings. The Balaban J connectivity index is 2.08. The Hall–Kier alpha value is -1.11. The molecule has 0 radical (unpaired) electrons. The quantitative estimate of drug-likeness (QED) is 0.850. The first-order valence-electron chi connectivity index (χ1n) is 5.48. The number of fused-ring (bicyclic) bond motifs is 1. The standard InChI is InChI=1S/C11H17N3O2S/c1-8(15-2)6-12-7-9-10(16-3)13-11-14(9)4-5-17-11/h4-5,8,12H,6-7H2,1-3H3. The first-order chi connectivity index (χ1) is 8.26. The molecule has 1 atom stereocenters. The Labute approximate surface area is 104 Å². The van der Waals surface area contributed by atoms with E-state index in [1.54, 1.807) is 25.6 Å². The van der Waals surface area contributed by atoms with E-state index in [-0.39, 0.29) is 6.10 Å². The van der Waals surface area contributed by atoms with Crippen molar-refractivity contribution in [2.75, 3.05) is 20.8 Å². The van der Waals surface area contributed by atoms with E-state index in [0.717, 1.165) is 23.7 Å². The van der Waals surface area contributed by atoms with Gasteiger partial charge in [-0.1, -0.05) is 0 Å². The molecule has 0 aliphatic carbocycles. The van der Waals surface area contributed by atoms with E-state index in [9.17, 15) is 0 Å². The molecule has 5 nitrogen and oxygen atoms in total. The van der Waals surface area contributed by atoms with Gasteiger partial charge in [0.15, 0.2) is 4.96 Å². The second-order valence-corrected chi connectivity index (χ2v) is 4.67. The molecular weight excluding hydrogens is 238 g/mol. The van der Waals surface area contributed by atoms with Gasteiger partial charge in [-0.3, -0.25) is 4.40 Å². The molecule has 0 saturated heterocycles. The lowest BCUT2D eigenvalue weighted by Gasteiger charge is -2.10. The summed E-state index contributed by atoms with van der Waals surface area (Å²) in [6.45, 7) is 3.55. The maximum Gasteiger partial charge on any atom is 0.237 e. The molecule has 2 rings (SSSR count). The van der Waals surface area contributed by atoms with Crippen LogP contribution in [0.4, 0.5) is 0 Å². The first-order valence-corrected chi connectivity index (χ1v) is 6.36. The highest BCUT2D eigenvalue weighted by Crippen LogP contribution is 2.22. The second kappa shape index (κ2) is 5.48. The number of hydrogen-bond donors (Lipinski definition) is 1. The molecule has 2 aromatic heterocycles. The summed E-state index contributed by atoms with van der Waals surface area (Å²) in [6.07, 6.45) is 2.21. The zero-order valence-corrected chi connectivity index (χ0v) is 11.1. The van der Waals surface area contributed by atoms with Crippen LogP contribution in [-0.4, -0.2) is 36.3 Å². The van der Waals surface area contributed by atoms with Crippen molar-refractivity contribution >= 4 is 16.3 Å². The second-order valence-electron chi connectivity index (χ2n) is 3.80. The average molecular weight is 255 g/mol. The van der Waals surface area contributed by atoms with E-state index in [2.05, 4.69) is 10.3 Å². The molecule has 1 N–H and O–H groups in total. The Morgan fingerprint density at radius 3 is 3.06 bits per heavy atom. The van der Waals surface area contributed by atoms with Crippen LogP contribution in [0.25, 0.3) is 4.96 Å². The van der Waals surface area contributed by atoms with E-state index in [1.807, 2.05) is 22.9 Å². The number of thiazole rings is 1. The maximum atomic E-state index is 5.28. The summed E-state index contributed by atoms with van der Waals surface area (Å²) in [4.78, 5) is 5.35. The molecule has 2 aromatic rings. The fourth-order valence-electron chi connectivity index (χ4n) is 1.61. The zero-order valence-electron chi connectivity index (χ0n) is 10.3. The summed E-state index contributed by atoms with van der Waals surface area (Å²) in [5.41, 5.74) is 1.05. The average Bonchev–Trinajstić information content (AvgIpc) is 2.90. The number of methoxy groups -OCH3 is 2. The Bertz CT molecular complexity index is 480. The van der Waals surface area contributed by atoms with Gasteiger partial charge in [0.1, 0.15) is 5.69 Å². The zero-order chi connectivity index (χ0) is 12.3. The largest absolute Gasteiger partial charge is 0.480 e. The summed E-state index contributed by atoms with van der Waals surface area (Å²) in [5.74, 6) is 0.689. The topological polar surface area (TPSA) is 47.8 Å². The minimum atomic E-state index is 0.201. The third-order valence-electron chi connectivity index (χ3n) is 2.64. The lowest BCUT2D eigenvalue weighted by molar-refractivity contribution is 0.117. The number of hydrogen-bond acceptors (Lipinski definition) is 5. The number of nitrogens with zero attached hydrogens (tertiary/aromatic N) is 2. The lowest BCUT2D eigenvalue weighted by atomic mass is 10.3. The van der Waals surface area contributed by atoms with Crippen LogP contribution in [0.1, 0.15) is 12.6 Å². The van der Waals surface area contributed by atoms with Crippen molar-refractivity contribution in [1.29, 1.82) is 0 Å². The first kappa shape index (κ1) is 12.3. The molecule has 0 aliphatic heterocycles. The molecule has 0 fully saturated rings. The molecule has 94 valence electrons. The number of imidazole rings is 1. The number of ether oxygens (including phenoxy) is 2. The van der Waals surface area contributed by atoms with Gasteiger partial charge in [0.05, 0.1) is 13.2 Å². The predicted molar refractivity (Wildman–Crippen MR) is 67.8 cm³/mol. The van der Waals surface area contributed by atoms with Gasteiger partial charge in [0.2, 0.25) is 5.88 Å². The summed E-state index contributed by atoms with van der Waals surface area (Å²) in [5, 5.41) is 5.35. The third-order valence-corrected chi connectivity index (χ3v) is 3.40. The third kappa shape index (κ3) is 2.59. The van der Waals surface area contributed by atoms with Crippen LogP contribution in [0.15, 0.2) is 11.6 Å². The van der Waals surface area contributed by atoms with Gasteiger partial charge >= 0.3 is 0 Å². The molecule has 0 aromatic carbocycles. The van der Waals surface area contributed by atoms with Gasteiger partial charge in [-0.15, -0.1) is 11.3 Å². The lowest BCUT2D eigenvalue weighted by Crippen LogP contribution is -2.26. The number of nitrogens with one attached hydrogen (secondary N) is 1. The van der Waals surface area contributed by atoms with Crippen molar-refractivity contribution in [2.24, 2.45) is 0 Å². The smallest absolute Gasteiger partial charge is 0.237 e. The van der Waals surface area contributed by atoms with Crippen LogP contribution < -0.4 is 10.1 Å². The monoisotopic (exact) mass is 255 g/mol. The van der Waals surface area contributed by atoms with Crippen LogP contribution in [0.3, 0.4) is 0 Å². The Morgan fingerprint density at radius 1 is 1.53 bits per heavy atom. The SMILES string of the molecule is COc1nc2sccn2c1CNCC(C)OC. The Kier molecular flexibility index (Phi) is 3.98. The highest BCUT2D eigenvalue weighted by Gasteiger charge is 2.13. The summed E-state index contributed by atoms with van der Waals surface area (Å²) < 4.78 is 12.5. The van der Waals surface area contributed by atoms with Crippen LogP contribution in [0.5, 0.6) is 5.88 Å². The van der Waals surface area contributed by atoms with Crippen LogP contribution in [-0.2, 0) is 11.3 Å². The van der Waals surface area contributed by atoms with Crippen molar-refractivity contribution in [3.8, 4) is 5.88 Å². The van der Waals surface area contributed by atoms with Crippen molar-refractivity contribution in [3.05, 3.63) is 17.3 Å². The molecule has 1 unspecified atom stereocenters. The van der Waals surface area contributed by atoms with E-state index in [0.29, 0.717) is 5.88 Å². The molecule has 6 heteroatoms. The number of rotatable bonds is 6. The molecule has 17 heavy (non-hydrogen) atoms. The minimum Gasteiger partial charge on any atom is -0.480 e. The van der Waals surface area contributed by atoms with E-state index < -0.39 is 0 Å². The summed E-state index contributed by atoms with van der Waals surface area (Å²) >= 11 is 1.60. The van der Waals surface area contributed by atoms with E-state index >= 15 is 0 Å². The number of aromatic nitrogens is 2. The maximum absolute atomic E-state index is 5.28. The fourth-order valence-corrected chi connectivity index (χ4v) is 2.34. The van der Waals surface area contributed by atoms with E-state index in [4.69, 9.17) is 9.47 Å². The normalized spacial score (nSPS) is 13.1. The van der Waals surface area contributed by atoms with Gasteiger partial charge in [-0.2, -0.15) is 4.98 Å². The highest BCUT2D eigenvalue weighted by molar-refractivity contribution is 7.15. The molecule has 0 saturated carbocycles. The molecule has 0 amide bonds. The molecule has 0 spiro atoms. The van der Waals surface area contributed by atoms with Crippen LogP contribution >= 0.6 is 11.3 Å². The molecule has 2 heterocycles. The van der Waals surface area contributed by atoms with Crippen LogP contribution in [0.2, 0.25) is 0 Å².